The van der Waals surface area contributed by atoms with E-state index in [-0.39, 0.29) is 12.2 Å². The summed E-state index contributed by atoms with van der Waals surface area (Å²) in [6, 6.07) is 5.56. The molecule has 0 spiro atoms. The van der Waals surface area contributed by atoms with E-state index in [4.69, 9.17) is 10.2 Å². The number of aliphatic hydroxyl groups is 1. The van der Waals surface area contributed by atoms with Crippen LogP contribution in [0.2, 0.25) is 0 Å². The molecule has 16 heavy (non-hydrogen) atoms. The van der Waals surface area contributed by atoms with Crippen molar-refractivity contribution < 1.29 is 15.0 Å². The van der Waals surface area contributed by atoms with Crippen LogP contribution in [0.4, 0.5) is 0 Å². The van der Waals surface area contributed by atoms with Gasteiger partial charge < -0.3 is 14.8 Å². The third kappa shape index (κ3) is 1.57. The topological polar surface area (TPSA) is 62.5 Å². The van der Waals surface area contributed by atoms with Crippen molar-refractivity contribution in [1.29, 1.82) is 0 Å². The number of carboxylic acids is 1. The highest BCUT2D eigenvalue weighted by atomic mass is 16.4. The second-order valence-corrected chi connectivity index (χ2v) is 3.74. The summed E-state index contributed by atoms with van der Waals surface area (Å²) in [5.74, 6) is -0.938. The molecule has 1 aromatic carbocycles. The minimum absolute atomic E-state index is 0.00280. The quantitative estimate of drug-likeness (QED) is 0.824. The van der Waals surface area contributed by atoms with Crippen LogP contribution in [0.1, 0.15) is 15.9 Å². The van der Waals surface area contributed by atoms with Gasteiger partial charge in [-0.15, -0.1) is 0 Å². The smallest absolute Gasteiger partial charge is 0.337 e. The third-order valence-electron chi connectivity index (χ3n) is 2.67. The molecule has 2 rings (SSSR count). The Morgan fingerprint density at radius 3 is 2.81 bits per heavy atom. The molecule has 0 saturated heterocycles. The number of hydrogen-bond donors (Lipinski definition) is 2. The highest BCUT2D eigenvalue weighted by Crippen LogP contribution is 2.24. The van der Waals surface area contributed by atoms with Crippen molar-refractivity contribution in [3.05, 3.63) is 35.5 Å². The lowest BCUT2D eigenvalue weighted by atomic mass is 10.1. The van der Waals surface area contributed by atoms with Gasteiger partial charge in [0, 0.05) is 18.1 Å². The molecule has 0 bridgehead atoms. The predicted molar refractivity (Wildman–Crippen MR) is 60.7 cm³/mol. The Balaban J connectivity index is 2.76. The Morgan fingerprint density at radius 2 is 2.19 bits per heavy atom. The summed E-state index contributed by atoms with van der Waals surface area (Å²) in [6.45, 7) is 2.34. The van der Waals surface area contributed by atoms with Crippen molar-refractivity contribution in [3.8, 4) is 0 Å². The van der Waals surface area contributed by atoms with Crippen molar-refractivity contribution >= 4 is 16.9 Å². The number of fused-ring (bicyclic) bond motifs is 1. The summed E-state index contributed by atoms with van der Waals surface area (Å²) in [6.07, 6.45) is 1.58. The molecule has 1 heterocycles. The zero-order valence-corrected chi connectivity index (χ0v) is 8.97. The van der Waals surface area contributed by atoms with Crippen LogP contribution in [0, 0.1) is 6.92 Å². The van der Waals surface area contributed by atoms with Gasteiger partial charge in [0.15, 0.2) is 0 Å². The lowest BCUT2D eigenvalue weighted by Crippen LogP contribution is -2.01. The molecule has 0 radical (unpaired) electrons. The number of carboxylic acid groups (broad SMARTS) is 1. The van der Waals surface area contributed by atoms with E-state index >= 15 is 0 Å². The number of aryl methyl sites for hydroxylation is 1. The summed E-state index contributed by atoms with van der Waals surface area (Å²) in [7, 11) is 0. The van der Waals surface area contributed by atoms with E-state index in [2.05, 4.69) is 0 Å². The predicted octanol–water partition coefficient (Wildman–Crippen LogP) is 1.64. The van der Waals surface area contributed by atoms with E-state index in [9.17, 15) is 4.79 Å². The molecule has 4 nitrogen and oxygen atoms in total. The number of nitrogens with zero attached hydrogens (tertiary/aromatic N) is 1. The van der Waals surface area contributed by atoms with Crippen LogP contribution in [-0.4, -0.2) is 27.4 Å². The average molecular weight is 219 g/mol. The maximum Gasteiger partial charge on any atom is 0.337 e. The van der Waals surface area contributed by atoms with Gasteiger partial charge in [0.2, 0.25) is 0 Å². The van der Waals surface area contributed by atoms with Crippen molar-refractivity contribution in [1.82, 2.24) is 4.57 Å². The highest BCUT2D eigenvalue weighted by molar-refractivity contribution is 6.04. The number of para-hydroxylation sites is 1. The van der Waals surface area contributed by atoms with Gasteiger partial charge in [-0.05, 0) is 12.5 Å². The van der Waals surface area contributed by atoms with Crippen molar-refractivity contribution in [2.45, 2.75) is 13.5 Å². The standard InChI is InChI=1S/C12H13NO3/c1-8-3-2-4-9-10(12(15)16)7-13(5-6-14)11(8)9/h2-4,7,14H,5-6H2,1H3,(H,15,16). The first-order valence-electron chi connectivity index (χ1n) is 5.07. The SMILES string of the molecule is Cc1cccc2c(C(=O)O)cn(CCO)c12. The van der Waals surface area contributed by atoms with Crippen LogP contribution >= 0.6 is 0 Å². The lowest BCUT2D eigenvalue weighted by Gasteiger charge is -2.04. The first kappa shape index (κ1) is 10.7. The number of hydrogen-bond acceptors (Lipinski definition) is 2. The summed E-state index contributed by atoms with van der Waals surface area (Å²) in [4.78, 5) is 11.1. The molecule has 1 aromatic heterocycles. The average Bonchev–Trinajstić information content (AvgIpc) is 2.59. The molecule has 0 aliphatic heterocycles. The van der Waals surface area contributed by atoms with Crippen LogP contribution in [0.5, 0.6) is 0 Å². The molecule has 4 heteroatoms. The second kappa shape index (κ2) is 3.98. The van der Waals surface area contributed by atoms with E-state index in [1.807, 2.05) is 19.1 Å². The van der Waals surface area contributed by atoms with Crippen molar-refractivity contribution in [3.63, 3.8) is 0 Å². The van der Waals surface area contributed by atoms with Gasteiger partial charge in [0.1, 0.15) is 0 Å². The Bertz CT molecular complexity index is 542. The number of aromatic carboxylic acids is 1. The Labute approximate surface area is 92.7 Å². The van der Waals surface area contributed by atoms with Crippen LogP contribution in [0.25, 0.3) is 10.9 Å². The zero-order valence-electron chi connectivity index (χ0n) is 8.97. The summed E-state index contributed by atoms with van der Waals surface area (Å²) < 4.78 is 1.79. The van der Waals surface area contributed by atoms with Crippen LogP contribution in [0.3, 0.4) is 0 Å². The number of rotatable bonds is 3. The first-order chi connectivity index (χ1) is 7.65. The molecule has 2 aromatic rings. The minimum Gasteiger partial charge on any atom is -0.478 e. The normalized spacial score (nSPS) is 10.9. The Morgan fingerprint density at radius 1 is 1.44 bits per heavy atom. The van der Waals surface area contributed by atoms with Gasteiger partial charge in [0.25, 0.3) is 0 Å². The van der Waals surface area contributed by atoms with Crippen molar-refractivity contribution in [2.75, 3.05) is 6.61 Å². The van der Waals surface area contributed by atoms with E-state index in [0.717, 1.165) is 16.5 Å². The molecule has 0 saturated carbocycles. The molecular formula is C12H13NO3. The maximum absolute atomic E-state index is 11.1. The molecule has 0 atom stereocenters. The summed E-state index contributed by atoms with van der Waals surface area (Å²) in [5, 5.41) is 18.8. The molecule has 0 unspecified atom stereocenters. The minimum atomic E-state index is -0.938. The van der Waals surface area contributed by atoms with E-state index < -0.39 is 5.97 Å². The molecule has 0 amide bonds. The Kier molecular flexibility index (Phi) is 2.66. The first-order valence-corrected chi connectivity index (χ1v) is 5.07. The summed E-state index contributed by atoms with van der Waals surface area (Å²) in [5.41, 5.74) is 2.18. The maximum atomic E-state index is 11.1. The van der Waals surface area contributed by atoms with Gasteiger partial charge in [-0.2, -0.15) is 0 Å². The summed E-state index contributed by atoms with van der Waals surface area (Å²) >= 11 is 0. The fraction of sp³-hybridized carbons (Fsp3) is 0.250. The van der Waals surface area contributed by atoms with E-state index in [0.29, 0.717) is 6.54 Å². The molecule has 0 aliphatic carbocycles. The number of aromatic nitrogens is 1. The number of benzene rings is 1. The van der Waals surface area contributed by atoms with Crippen LogP contribution in [0.15, 0.2) is 24.4 Å². The molecule has 2 N–H and O–H groups in total. The molecule has 0 aliphatic rings. The second-order valence-electron chi connectivity index (χ2n) is 3.74. The number of aliphatic hydroxyl groups excluding tert-OH is 1. The number of carbonyl (C=O) groups is 1. The van der Waals surface area contributed by atoms with Crippen molar-refractivity contribution in [2.24, 2.45) is 0 Å². The lowest BCUT2D eigenvalue weighted by molar-refractivity contribution is 0.0698. The largest absolute Gasteiger partial charge is 0.478 e. The van der Waals surface area contributed by atoms with E-state index in [1.54, 1.807) is 16.8 Å². The molecular weight excluding hydrogens is 206 g/mol. The fourth-order valence-corrected chi connectivity index (χ4v) is 2.00. The van der Waals surface area contributed by atoms with E-state index in [1.165, 1.54) is 0 Å². The van der Waals surface area contributed by atoms with Gasteiger partial charge in [-0.3, -0.25) is 0 Å². The van der Waals surface area contributed by atoms with Crippen LogP contribution < -0.4 is 0 Å². The van der Waals surface area contributed by atoms with Gasteiger partial charge in [-0.1, -0.05) is 18.2 Å². The molecule has 0 fully saturated rings. The van der Waals surface area contributed by atoms with Gasteiger partial charge in [0.05, 0.1) is 17.7 Å². The van der Waals surface area contributed by atoms with Gasteiger partial charge in [-0.25, -0.2) is 4.79 Å². The monoisotopic (exact) mass is 219 g/mol. The fourth-order valence-electron chi connectivity index (χ4n) is 2.00. The third-order valence-corrected chi connectivity index (χ3v) is 2.67. The van der Waals surface area contributed by atoms with Gasteiger partial charge >= 0.3 is 5.97 Å². The van der Waals surface area contributed by atoms with Crippen LogP contribution in [-0.2, 0) is 6.54 Å². The highest BCUT2D eigenvalue weighted by Gasteiger charge is 2.14. The zero-order chi connectivity index (χ0) is 11.7. The molecule has 84 valence electrons. The Hall–Kier alpha value is -1.81.